The van der Waals surface area contributed by atoms with Crippen molar-refractivity contribution in [3.05, 3.63) is 36.0 Å². The lowest BCUT2D eigenvalue weighted by molar-refractivity contribution is -0.136. The van der Waals surface area contributed by atoms with Gasteiger partial charge in [0, 0.05) is 43.8 Å². The number of para-hydroxylation sites is 1. The fourth-order valence-electron chi connectivity index (χ4n) is 2.33. The first-order valence-electron chi connectivity index (χ1n) is 6.50. The average molecular weight is 261 g/mol. The van der Waals surface area contributed by atoms with Crippen LogP contribution in [0.5, 0.6) is 0 Å². The van der Waals surface area contributed by atoms with Crippen LogP contribution in [0.2, 0.25) is 0 Å². The monoisotopic (exact) mass is 261 g/mol. The third-order valence-corrected chi connectivity index (χ3v) is 3.23. The molecule has 0 aliphatic rings. The van der Waals surface area contributed by atoms with E-state index in [9.17, 15) is 4.79 Å². The van der Waals surface area contributed by atoms with Crippen molar-refractivity contribution >= 4 is 16.9 Å². The van der Waals surface area contributed by atoms with Crippen molar-refractivity contribution in [2.24, 2.45) is 0 Å². The third kappa shape index (κ3) is 3.35. The number of aromatic nitrogens is 1. The maximum absolute atomic E-state index is 10.7. The van der Waals surface area contributed by atoms with Crippen molar-refractivity contribution in [1.29, 1.82) is 0 Å². The van der Waals surface area contributed by atoms with Crippen LogP contribution < -0.4 is 0 Å². The molecule has 4 heteroatoms. The number of fused-ring (bicyclic) bond motifs is 1. The van der Waals surface area contributed by atoms with Crippen LogP contribution in [-0.4, -0.2) is 29.4 Å². The minimum absolute atomic E-state index is 0.173. The number of rotatable bonds is 7. The highest BCUT2D eigenvalue weighted by atomic mass is 16.5. The summed E-state index contributed by atoms with van der Waals surface area (Å²) in [6, 6.07) is 8.13. The smallest absolute Gasteiger partial charge is 0.303 e. The van der Waals surface area contributed by atoms with Gasteiger partial charge in [-0.2, -0.15) is 0 Å². The molecule has 19 heavy (non-hydrogen) atoms. The molecule has 2 rings (SSSR count). The third-order valence-electron chi connectivity index (χ3n) is 3.23. The van der Waals surface area contributed by atoms with Gasteiger partial charge in [0.05, 0.1) is 0 Å². The normalized spacial score (nSPS) is 11.0. The summed E-state index contributed by atoms with van der Waals surface area (Å²) in [6.45, 7) is 1.62. The summed E-state index contributed by atoms with van der Waals surface area (Å²) < 4.78 is 7.26. The van der Waals surface area contributed by atoms with Gasteiger partial charge >= 0.3 is 5.97 Å². The predicted octanol–water partition coefficient (Wildman–Crippen LogP) is 2.70. The minimum Gasteiger partial charge on any atom is -0.481 e. The van der Waals surface area contributed by atoms with Crippen molar-refractivity contribution in [3.63, 3.8) is 0 Å². The van der Waals surface area contributed by atoms with Crippen molar-refractivity contribution in [3.8, 4) is 0 Å². The fraction of sp³-hybridized carbons (Fsp3) is 0.400. The second kappa shape index (κ2) is 6.38. The molecule has 0 spiro atoms. The first-order valence-corrected chi connectivity index (χ1v) is 6.50. The molecule has 4 nitrogen and oxygen atoms in total. The first-order chi connectivity index (χ1) is 9.22. The summed E-state index contributed by atoms with van der Waals surface area (Å²) in [6.07, 6.45) is 3.77. The minimum atomic E-state index is -0.754. The van der Waals surface area contributed by atoms with E-state index in [0.29, 0.717) is 6.42 Å². The zero-order valence-electron chi connectivity index (χ0n) is 11.1. The summed E-state index contributed by atoms with van der Waals surface area (Å²) in [7, 11) is 1.70. The van der Waals surface area contributed by atoms with E-state index in [1.807, 2.05) is 12.1 Å². The fourth-order valence-corrected chi connectivity index (χ4v) is 2.33. The van der Waals surface area contributed by atoms with Gasteiger partial charge in [-0.25, -0.2) is 0 Å². The Morgan fingerprint density at radius 2 is 2.16 bits per heavy atom. The zero-order valence-corrected chi connectivity index (χ0v) is 11.1. The molecule has 1 aromatic heterocycles. The van der Waals surface area contributed by atoms with Gasteiger partial charge in [-0.1, -0.05) is 18.2 Å². The zero-order chi connectivity index (χ0) is 13.7. The van der Waals surface area contributed by atoms with Crippen LogP contribution >= 0.6 is 0 Å². The molecule has 0 aliphatic carbocycles. The van der Waals surface area contributed by atoms with Crippen LogP contribution in [0.4, 0.5) is 0 Å². The van der Waals surface area contributed by atoms with Crippen molar-refractivity contribution < 1.29 is 14.6 Å². The Hall–Kier alpha value is -1.81. The molecule has 2 aromatic rings. The number of nitrogens with zero attached hydrogens (tertiary/aromatic N) is 1. The summed E-state index contributed by atoms with van der Waals surface area (Å²) in [5.41, 5.74) is 2.27. The van der Waals surface area contributed by atoms with Gasteiger partial charge in [-0.05, 0) is 24.5 Å². The van der Waals surface area contributed by atoms with Gasteiger partial charge in [0.25, 0.3) is 0 Å². The van der Waals surface area contributed by atoms with E-state index in [-0.39, 0.29) is 6.42 Å². The molecule has 0 fully saturated rings. The van der Waals surface area contributed by atoms with E-state index in [2.05, 4.69) is 22.9 Å². The summed E-state index contributed by atoms with van der Waals surface area (Å²) in [4.78, 5) is 10.7. The van der Waals surface area contributed by atoms with Gasteiger partial charge in [0.15, 0.2) is 0 Å². The number of aryl methyl sites for hydroxylation is 2. The molecular weight excluding hydrogens is 242 g/mol. The van der Waals surface area contributed by atoms with Gasteiger partial charge in [-0.15, -0.1) is 0 Å². The van der Waals surface area contributed by atoms with Crippen LogP contribution in [0, 0.1) is 0 Å². The topological polar surface area (TPSA) is 51.5 Å². The Morgan fingerprint density at radius 1 is 1.37 bits per heavy atom. The standard InChI is InChI=1S/C15H19NO3/c1-19-10-4-9-16-11-12(7-8-15(17)18)13-5-2-3-6-14(13)16/h2-3,5-6,11H,4,7-10H2,1H3,(H,17,18). The molecule has 0 atom stereocenters. The van der Waals surface area contributed by atoms with Crippen molar-refractivity contribution in [2.45, 2.75) is 25.8 Å². The van der Waals surface area contributed by atoms with Crippen LogP contribution in [0.15, 0.2) is 30.5 Å². The Morgan fingerprint density at radius 3 is 2.89 bits per heavy atom. The molecule has 0 saturated carbocycles. The highest BCUT2D eigenvalue weighted by molar-refractivity contribution is 5.84. The van der Waals surface area contributed by atoms with E-state index < -0.39 is 5.97 Å². The van der Waals surface area contributed by atoms with Gasteiger partial charge in [0.1, 0.15) is 0 Å². The Bertz CT molecular complexity index is 560. The molecule has 1 N–H and O–H groups in total. The van der Waals surface area contributed by atoms with Gasteiger partial charge in [-0.3, -0.25) is 4.79 Å². The highest BCUT2D eigenvalue weighted by Gasteiger charge is 2.09. The average Bonchev–Trinajstić information content (AvgIpc) is 2.76. The lowest BCUT2D eigenvalue weighted by Crippen LogP contribution is -2.00. The van der Waals surface area contributed by atoms with E-state index in [4.69, 9.17) is 9.84 Å². The molecule has 0 radical (unpaired) electrons. The largest absolute Gasteiger partial charge is 0.481 e. The number of carbonyl (C=O) groups is 1. The predicted molar refractivity (Wildman–Crippen MR) is 74.4 cm³/mol. The number of ether oxygens (including phenoxy) is 1. The number of aliphatic carboxylic acids is 1. The number of methoxy groups -OCH3 is 1. The maximum atomic E-state index is 10.7. The van der Waals surface area contributed by atoms with Crippen molar-refractivity contribution in [2.75, 3.05) is 13.7 Å². The molecular formula is C15H19NO3. The summed E-state index contributed by atoms with van der Waals surface area (Å²) in [5, 5.41) is 9.96. The number of hydrogen-bond donors (Lipinski definition) is 1. The van der Waals surface area contributed by atoms with Crippen LogP contribution in [-0.2, 0) is 22.5 Å². The lowest BCUT2D eigenvalue weighted by atomic mass is 10.1. The molecule has 0 saturated heterocycles. The Balaban J connectivity index is 2.23. The van der Waals surface area contributed by atoms with E-state index >= 15 is 0 Å². The quantitative estimate of drug-likeness (QED) is 0.780. The van der Waals surface area contributed by atoms with Crippen LogP contribution in [0.1, 0.15) is 18.4 Å². The summed E-state index contributed by atoms with van der Waals surface area (Å²) >= 11 is 0. The number of benzene rings is 1. The number of carboxylic acid groups (broad SMARTS) is 1. The van der Waals surface area contributed by atoms with E-state index in [0.717, 1.165) is 30.5 Å². The molecule has 0 amide bonds. The second-order valence-electron chi connectivity index (χ2n) is 4.60. The lowest BCUT2D eigenvalue weighted by Gasteiger charge is -2.04. The maximum Gasteiger partial charge on any atom is 0.303 e. The van der Waals surface area contributed by atoms with Crippen LogP contribution in [0.25, 0.3) is 10.9 Å². The number of hydrogen-bond acceptors (Lipinski definition) is 2. The van der Waals surface area contributed by atoms with Gasteiger partial charge in [0.2, 0.25) is 0 Å². The number of carboxylic acids is 1. The van der Waals surface area contributed by atoms with E-state index in [1.54, 1.807) is 7.11 Å². The Kier molecular flexibility index (Phi) is 4.58. The molecule has 0 aliphatic heterocycles. The Labute approximate surface area is 112 Å². The molecule has 102 valence electrons. The SMILES string of the molecule is COCCCn1cc(CCC(=O)O)c2ccccc21. The van der Waals surface area contributed by atoms with E-state index in [1.165, 1.54) is 5.52 Å². The first kappa shape index (κ1) is 13.6. The molecule has 0 bridgehead atoms. The van der Waals surface area contributed by atoms with Crippen molar-refractivity contribution in [1.82, 2.24) is 4.57 Å². The van der Waals surface area contributed by atoms with Gasteiger partial charge < -0.3 is 14.4 Å². The molecule has 1 aromatic carbocycles. The molecule has 0 unspecified atom stereocenters. The molecule has 1 heterocycles. The highest BCUT2D eigenvalue weighted by Crippen LogP contribution is 2.22. The second-order valence-corrected chi connectivity index (χ2v) is 4.60. The summed E-state index contributed by atoms with van der Waals surface area (Å²) in [5.74, 6) is -0.754. The van der Waals surface area contributed by atoms with Crippen LogP contribution in [0.3, 0.4) is 0 Å².